The van der Waals surface area contributed by atoms with Gasteiger partial charge in [0.15, 0.2) is 6.10 Å². The molecule has 0 radical (unpaired) electrons. The Morgan fingerprint density at radius 3 is 2.31 bits per heavy atom. The zero-order chi connectivity index (χ0) is 19.1. The van der Waals surface area contributed by atoms with E-state index in [1.165, 1.54) is 0 Å². The van der Waals surface area contributed by atoms with Gasteiger partial charge in [-0.25, -0.2) is 0 Å². The number of rotatable bonds is 7. The molecular formula is C21H26N2O3. The fraction of sp³-hybridized carbons (Fsp3) is 0.333. The van der Waals surface area contributed by atoms with E-state index in [4.69, 9.17) is 4.74 Å². The summed E-state index contributed by atoms with van der Waals surface area (Å²) in [6, 6.07) is 14.4. The van der Waals surface area contributed by atoms with E-state index in [0.717, 1.165) is 5.56 Å². The van der Waals surface area contributed by atoms with Crippen molar-refractivity contribution in [2.24, 2.45) is 5.92 Å². The van der Waals surface area contributed by atoms with Crippen LogP contribution in [0.4, 0.5) is 5.69 Å². The maximum absolute atomic E-state index is 12.5. The summed E-state index contributed by atoms with van der Waals surface area (Å²) in [6.45, 7) is 8.29. The number of benzene rings is 2. The molecular weight excluding hydrogens is 328 g/mol. The maximum Gasteiger partial charge on any atom is 0.265 e. The number of hydrogen-bond donors (Lipinski definition) is 2. The van der Waals surface area contributed by atoms with Gasteiger partial charge in [-0.3, -0.25) is 9.59 Å². The molecule has 0 aliphatic heterocycles. The van der Waals surface area contributed by atoms with Gasteiger partial charge in [0, 0.05) is 6.54 Å². The first-order valence-corrected chi connectivity index (χ1v) is 8.78. The predicted molar refractivity (Wildman–Crippen MR) is 104 cm³/mol. The van der Waals surface area contributed by atoms with Crippen LogP contribution in [-0.2, 0) is 4.79 Å². The van der Waals surface area contributed by atoms with Crippen LogP contribution in [0.2, 0.25) is 0 Å². The van der Waals surface area contributed by atoms with Gasteiger partial charge in [0.2, 0.25) is 0 Å². The van der Waals surface area contributed by atoms with Crippen molar-refractivity contribution < 1.29 is 14.3 Å². The molecule has 0 aliphatic rings. The SMILES string of the molecule is Cc1ccc(O[C@@H](C)C(=O)Nc2ccccc2C(=O)NCC(C)C)cc1. The summed E-state index contributed by atoms with van der Waals surface area (Å²) in [4.78, 5) is 24.8. The van der Waals surface area contributed by atoms with E-state index in [1.807, 2.05) is 45.0 Å². The molecule has 2 amide bonds. The number of carbonyl (C=O) groups excluding carboxylic acids is 2. The number of ether oxygens (including phenoxy) is 1. The Labute approximate surface area is 154 Å². The van der Waals surface area contributed by atoms with Crippen LogP contribution in [0.5, 0.6) is 5.75 Å². The van der Waals surface area contributed by atoms with Gasteiger partial charge in [0.05, 0.1) is 11.3 Å². The van der Waals surface area contributed by atoms with Crippen molar-refractivity contribution in [1.82, 2.24) is 5.32 Å². The van der Waals surface area contributed by atoms with Crippen molar-refractivity contribution in [3.05, 3.63) is 59.7 Å². The van der Waals surface area contributed by atoms with E-state index < -0.39 is 6.10 Å². The highest BCUT2D eigenvalue weighted by atomic mass is 16.5. The van der Waals surface area contributed by atoms with Gasteiger partial charge < -0.3 is 15.4 Å². The van der Waals surface area contributed by atoms with E-state index in [0.29, 0.717) is 29.5 Å². The number of hydrogen-bond acceptors (Lipinski definition) is 3. The normalized spacial score (nSPS) is 11.7. The largest absolute Gasteiger partial charge is 0.481 e. The molecule has 2 rings (SSSR count). The van der Waals surface area contributed by atoms with Gasteiger partial charge in [-0.15, -0.1) is 0 Å². The quantitative estimate of drug-likeness (QED) is 0.795. The molecule has 5 heteroatoms. The van der Waals surface area contributed by atoms with Gasteiger partial charge in [-0.05, 0) is 44.0 Å². The van der Waals surface area contributed by atoms with E-state index in [9.17, 15) is 9.59 Å². The van der Waals surface area contributed by atoms with Crippen molar-refractivity contribution >= 4 is 17.5 Å². The van der Waals surface area contributed by atoms with E-state index in [-0.39, 0.29) is 11.8 Å². The zero-order valence-electron chi connectivity index (χ0n) is 15.7. The van der Waals surface area contributed by atoms with Gasteiger partial charge in [0.25, 0.3) is 11.8 Å². The summed E-state index contributed by atoms with van der Waals surface area (Å²) in [5.74, 6) is 0.459. The molecule has 138 valence electrons. The van der Waals surface area contributed by atoms with Gasteiger partial charge in [-0.1, -0.05) is 43.7 Å². The molecule has 0 saturated carbocycles. The summed E-state index contributed by atoms with van der Waals surface area (Å²) in [5.41, 5.74) is 2.03. The molecule has 2 aromatic rings. The highest BCUT2D eigenvalue weighted by Gasteiger charge is 2.18. The van der Waals surface area contributed by atoms with Crippen molar-refractivity contribution in [2.45, 2.75) is 33.8 Å². The first-order valence-electron chi connectivity index (χ1n) is 8.78. The van der Waals surface area contributed by atoms with Crippen molar-refractivity contribution in [3.63, 3.8) is 0 Å². The molecule has 0 heterocycles. The Kier molecular flexibility index (Phi) is 6.78. The summed E-state index contributed by atoms with van der Waals surface area (Å²) in [6.07, 6.45) is -0.690. The molecule has 0 aromatic heterocycles. The first-order chi connectivity index (χ1) is 12.4. The Hall–Kier alpha value is -2.82. The lowest BCUT2D eigenvalue weighted by atomic mass is 10.1. The smallest absolute Gasteiger partial charge is 0.265 e. The Morgan fingerprint density at radius 1 is 1.00 bits per heavy atom. The second-order valence-electron chi connectivity index (χ2n) is 6.71. The maximum atomic E-state index is 12.5. The van der Waals surface area contributed by atoms with Crippen molar-refractivity contribution in [2.75, 3.05) is 11.9 Å². The van der Waals surface area contributed by atoms with Crippen molar-refractivity contribution in [1.29, 1.82) is 0 Å². The molecule has 0 saturated heterocycles. The van der Waals surface area contributed by atoms with Crippen LogP contribution in [0.3, 0.4) is 0 Å². The summed E-state index contributed by atoms with van der Waals surface area (Å²) in [7, 11) is 0. The molecule has 5 nitrogen and oxygen atoms in total. The Morgan fingerprint density at radius 2 is 1.65 bits per heavy atom. The van der Waals surface area contributed by atoms with E-state index in [1.54, 1.807) is 31.2 Å². The monoisotopic (exact) mass is 354 g/mol. The van der Waals surface area contributed by atoms with Gasteiger partial charge >= 0.3 is 0 Å². The third kappa shape index (κ3) is 5.62. The highest BCUT2D eigenvalue weighted by molar-refractivity contribution is 6.04. The first kappa shape index (κ1) is 19.5. The third-order valence-corrected chi connectivity index (χ3v) is 3.80. The molecule has 26 heavy (non-hydrogen) atoms. The number of amides is 2. The number of nitrogens with one attached hydrogen (secondary N) is 2. The minimum Gasteiger partial charge on any atom is -0.481 e. The lowest BCUT2D eigenvalue weighted by Gasteiger charge is -2.17. The van der Waals surface area contributed by atoms with Crippen LogP contribution in [0.1, 0.15) is 36.7 Å². The Bertz CT molecular complexity index is 754. The molecule has 0 bridgehead atoms. The van der Waals surface area contributed by atoms with Gasteiger partial charge in [0.1, 0.15) is 5.75 Å². The van der Waals surface area contributed by atoms with Crippen LogP contribution < -0.4 is 15.4 Å². The standard InChI is InChI=1S/C21H26N2O3/c1-14(2)13-22-21(25)18-7-5-6-8-19(18)23-20(24)16(4)26-17-11-9-15(3)10-12-17/h5-12,14,16H,13H2,1-4H3,(H,22,25)(H,23,24)/t16-/m0/s1. The zero-order valence-corrected chi connectivity index (χ0v) is 15.7. The summed E-state index contributed by atoms with van der Waals surface area (Å²) >= 11 is 0. The van der Waals surface area contributed by atoms with Crippen LogP contribution in [-0.4, -0.2) is 24.5 Å². The average Bonchev–Trinajstić information content (AvgIpc) is 2.62. The van der Waals surface area contributed by atoms with Crippen LogP contribution in [0.15, 0.2) is 48.5 Å². The van der Waals surface area contributed by atoms with Gasteiger partial charge in [-0.2, -0.15) is 0 Å². The van der Waals surface area contributed by atoms with Crippen LogP contribution in [0, 0.1) is 12.8 Å². The lowest BCUT2D eigenvalue weighted by molar-refractivity contribution is -0.122. The predicted octanol–water partition coefficient (Wildman–Crippen LogP) is 3.79. The number of para-hydroxylation sites is 1. The number of anilines is 1. The molecule has 0 unspecified atom stereocenters. The molecule has 0 fully saturated rings. The fourth-order valence-electron chi connectivity index (χ4n) is 2.29. The van der Waals surface area contributed by atoms with E-state index >= 15 is 0 Å². The number of carbonyl (C=O) groups is 2. The topological polar surface area (TPSA) is 67.4 Å². The minimum atomic E-state index is -0.690. The molecule has 1 atom stereocenters. The average molecular weight is 354 g/mol. The van der Waals surface area contributed by atoms with Crippen LogP contribution >= 0.6 is 0 Å². The molecule has 2 N–H and O–H groups in total. The fourth-order valence-corrected chi connectivity index (χ4v) is 2.29. The third-order valence-electron chi connectivity index (χ3n) is 3.80. The summed E-state index contributed by atoms with van der Waals surface area (Å²) in [5, 5.41) is 5.65. The summed E-state index contributed by atoms with van der Waals surface area (Å²) < 4.78 is 5.67. The van der Waals surface area contributed by atoms with Crippen molar-refractivity contribution in [3.8, 4) is 5.75 Å². The van der Waals surface area contributed by atoms with Crippen LogP contribution in [0.25, 0.3) is 0 Å². The Balaban J connectivity index is 2.04. The van der Waals surface area contributed by atoms with E-state index in [2.05, 4.69) is 10.6 Å². The highest BCUT2D eigenvalue weighted by Crippen LogP contribution is 2.17. The second-order valence-corrected chi connectivity index (χ2v) is 6.71. The molecule has 0 aliphatic carbocycles. The molecule has 0 spiro atoms. The second kappa shape index (κ2) is 9.04. The lowest BCUT2D eigenvalue weighted by Crippen LogP contribution is -2.32. The molecule has 2 aromatic carbocycles. The number of aryl methyl sites for hydroxylation is 1. The minimum absolute atomic E-state index is 0.207.